The molecule has 2 atom stereocenters. The van der Waals surface area contributed by atoms with Crippen molar-refractivity contribution in [3.8, 4) is 0 Å². The summed E-state index contributed by atoms with van der Waals surface area (Å²) in [6.07, 6.45) is -1.46. The van der Waals surface area contributed by atoms with E-state index in [0.717, 1.165) is 11.1 Å². The molecule has 1 fully saturated rings. The summed E-state index contributed by atoms with van der Waals surface area (Å²) < 4.78 is 11.4. The maximum absolute atomic E-state index is 8.54. The lowest BCUT2D eigenvalue weighted by Gasteiger charge is -2.17. The first kappa shape index (κ1) is 12.7. The Morgan fingerprint density at radius 2 is 1.25 bits per heavy atom. The molecule has 0 bridgehead atoms. The molecule has 0 unspecified atom stereocenters. The topological polar surface area (TPSA) is 67.2 Å². The quantitative estimate of drug-likeness (QED) is 0.477. The van der Waals surface area contributed by atoms with E-state index in [1.165, 1.54) is 0 Å². The summed E-state index contributed by atoms with van der Waals surface area (Å²) in [6, 6.07) is 19.6. The molecular formula is C15H13N3O2. The average molecular weight is 267 g/mol. The molecule has 2 aromatic carbocycles. The third kappa shape index (κ3) is 2.51. The highest BCUT2D eigenvalue weighted by Crippen LogP contribution is 2.42. The van der Waals surface area contributed by atoms with E-state index in [1.807, 2.05) is 60.7 Å². The largest absolute Gasteiger partial charge is 0.336 e. The van der Waals surface area contributed by atoms with Crippen molar-refractivity contribution < 1.29 is 9.47 Å². The molecule has 0 radical (unpaired) electrons. The molecule has 20 heavy (non-hydrogen) atoms. The summed E-state index contributed by atoms with van der Waals surface area (Å²) in [4.78, 5) is 2.75. The Morgan fingerprint density at radius 3 is 1.65 bits per heavy atom. The van der Waals surface area contributed by atoms with E-state index in [0.29, 0.717) is 0 Å². The first-order valence-electron chi connectivity index (χ1n) is 6.33. The van der Waals surface area contributed by atoms with Crippen LogP contribution in [0.3, 0.4) is 0 Å². The van der Waals surface area contributed by atoms with Gasteiger partial charge < -0.3 is 9.47 Å². The highest BCUT2D eigenvalue weighted by atomic mass is 16.7. The molecule has 0 aromatic heterocycles. The van der Waals surface area contributed by atoms with E-state index in [-0.39, 0.29) is 12.2 Å². The highest BCUT2D eigenvalue weighted by Gasteiger charge is 2.37. The molecule has 0 N–H and O–H groups in total. The van der Waals surface area contributed by atoms with Crippen LogP contribution in [0.1, 0.15) is 23.3 Å². The molecule has 3 rings (SSSR count). The number of hydrogen-bond donors (Lipinski definition) is 0. The van der Waals surface area contributed by atoms with Crippen LogP contribution in [-0.4, -0.2) is 6.41 Å². The van der Waals surface area contributed by atoms with Crippen molar-refractivity contribution in [1.29, 1.82) is 0 Å². The fraction of sp³-hybridized carbons (Fsp3) is 0.200. The summed E-state index contributed by atoms with van der Waals surface area (Å²) >= 11 is 0. The van der Waals surface area contributed by atoms with Crippen LogP contribution in [0.5, 0.6) is 0 Å². The molecular weight excluding hydrogens is 254 g/mol. The smallest absolute Gasteiger partial charge is 0.239 e. The lowest BCUT2D eigenvalue weighted by atomic mass is 9.99. The van der Waals surface area contributed by atoms with Crippen LogP contribution in [-0.2, 0) is 9.47 Å². The van der Waals surface area contributed by atoms with Gasteiger partial charge in [-0.15, -0.1) is 0 Å². The predicted molar refractivity (Wildman–Crippen MR) is 73.5 cm³/mol. The molecule has 0 spiro atoms. The number of ether oxygens (including phenoxy) is 2. The maximum Gasteiger partial charge on any atom is 0.239 e. The minimum absolute atomic E-state index is 0.283. The van der Waals surface area contributed by atoms with Gasteiger partial charge in [0.2, 0.25) is 6.41 Å². The Kier molecular flexibility index (Phi) is 3.65. The van der Waals surface area contributed by atoms with Gasteiger partial charge in [-0.25, -0.2) is 0 Å². The van der Waals surface area contributed by atoms with E-state index in [9.17, 15) is 0 Å². The third-order valence-electron chi connectivity index (χ3n) is 3.20. The zero-order chi connectivity index (χ0) is 13.8. The lowest BCUT2D eigenvalue weighted by Crippen LogP contribution is -2.06. The number of nitrogens with zero attached hydrogens (tertiary/aromatic N) is 3. The van der Waals surface area contributed by atoms with E-state index in [1.54, 1.807) is 0 Å². The van der Waals surface area contributed by atoms with Crippen LogP contribution in [0.2, 0.25) is 0 Å². The zero-order valence-corrected chi connectivity index (χ0v) is 10.7. The van der Waals surface area contributed by atoms with Gasteiger partial charge in [-0.05, 0) is 21.8 Å². The van der Waals surface area contributed by atoms with Gasteiger partial charge >= 0.3 is 0 Å². The van der Waals surface area contributed by atoms with Crippen molar-refractivity contribution in [3.63, 3.8) is 0 Å². The van der Waals surface area contributed by atoms with Crippen LogP contribution in [0.4, 0.5) is 0 Å². The molecule has 5 heteroatoms. The lowest BCUT2D eigenvalue weighted by molar-refractivity contribution is -0.0605. The van der Waals surface area contributed by atoms with Crippen molar-refractivity contribution in [2.45, 2.75) is 18.6 Å². The Balaban J connectivity index is 1.95. The van der Waals surface area contributed by atoms with Gasteiger partial charge in [-0.1, -0.05) is 60.7 Å². The Hall–Kier alpha value is -2.33. The molecule has 100 valence electrons. The molecule has 0 aliphatic carbocycles. The minimum atomic E-state index is -0.893. The van der Waals surface area contributed by atoms with E-state index in [4.69, 9.17) is 15.0 Å². The third-order valence-corrected chi connectivity index (χ3v) is 3.20. The Bertz CT molecular complexity index is 564. The summed E-state index contributed by atoms with van der Waals surface area (Å²) in [5.41, 5.74) is 10.5. The van der Waals surface area contributed by atoms with Crippen molar-refractivity contribution in [1.82, 2.24) is 0 Å². The molecule has 1 heterocycles. The van der Waals surface area contributed by atoms with Gasteiger partial charge in [-0.2, -0.15) is 0 Å². The molecule has 0 amide bonds. The number of azide groups is 1. The van der Waals surface area contributed by atoms with Crippen LogP contribution in [0.25, 0.3) is 10.4 Å². The Labute approximate surface area is 116 Å². The second-order valence-corrected chi connectivity index (χ2v) is 4.45. The Morgan fingerprint density at radius 1 is 0.800 bits per heavy atom. The standard InChI is InChI=1S/C15H13N3O2/c16-18-17-15-19-13(11-7-3-1-4-8-11)14(20-15)12-9-5-2-6-10-12/h1-10,13-15H/t13-,14-/m1/s1. The van der Waals surface area contributed by atoms with Crippen LogP contribution in [0, 0.1) is 0 Å². The van der Waals surface area contributed by atoms with Crippen molar-refractivity contribution in [2.24, 2.45) is 5.11 Å². The zero-order valence-electron chi connectivity index (χ0n) is 10.7. The predicted octanol–water partition coefficient (Wildman–Crippen LogP) is 4.11. The molecule has 1 aliphatic heterocycles. The van der Waals surface area contributed by atoms with Gasteiger partial charge in [0.15, 0.2) is 0 Å². The van der Waals surface area contributed by atoms with Gasteiger partial charge in [0, 0.05) is 4.91 Å². The van der Waals surface area contributed by atoms with Gasteiger partial charge in [0.05, 0.1) is 0 Å². The van der Waals surface area contributed by atoms with Crippen molar-refractivity contribution in [3.05, 3.63) is 82.2 Å². The molecule has 5 nitrogen and oxygen atoms in total. The number of hydrogen-bond acceptors (Lipinski definition) is 3. The second-order valence-electron chi connectivity index (χ2n) is 4.45. The molecule has 0 saturated carbocycles. The fourth-order valence-corrected chi connectivity index (χ4v) is 2.31. The van der Waals surface area contributed by atoms with E-state index >= 15 is 0 Å². The average Bonchev–Trinajstić information content (AvgIpc) is 2.93. The number of rotatable bonds is 3. The number of benzene rings is 2. The maximum atomic E-state index is 8.54. The highest BCUT2D eigenvalue weighted by molar-refractivity contribution is 5.26. The fourth-order valence-electron chi connectivity index (χ4n) is 2.31. The van der Waals surface area contributed by atoms with E-state index < -0.39 is 6.41 Å². The van der Waals surface area contributed by atoms with Crippen LogP contribution >= 0.6 is 0 Å². The van der Waals surface area contributed by atoms with Gasteiger partial charge in [0.1, 0.15) is 12.2 Å². The molecule has 2 aromatic rings. The van der Waals surface area contributed by atoms with Crippen LogP contribution in [0.15, 0.2) is 65.8 Å². The first-order valence-corrected chi connectivity index (χ1v) is 6.33. The molecule has 1 saturated heterocycles. The summed E-state index contributed by atoms with van der Waals surface area (Å²) in [6.45, 7) is 0. The molecule has 1 aliphatic rings. The minimum Gasteiger partial charge on any atom is -0.336 e. The summed E-state index contributed by atoms with van der Waals surface area (Å²) in [5, 5.41) is 3.51. The SMILES string of the molecule is [N-]=[N+]=NC1O[C@H](c2ccccc2)[C@@H](c2ccccc2)O1. The first-order chi connectivity index (χ1) is 9.88. The van der Waals surface area contributed by atoms with E-state index in [2.05, 4.69) is 10.0 Å². The normalized spacial score (nSPS) is 22.4. The summed E-state index contributed by atoms with van der Waals surface area (Å²) in [5.74, 6) is 0. The van der Waals surface area contributed by atoms with Crippen molar-refractivity contribution >= 4 is 0 Å². The van der Waals surface area contributed by atoms with Crippen molar-refractivity contribution in [2.75, 3.05) is 0 Å². The summed E-state index contributed by atoms with van der Waals surface area (Å²) in [7, 11) is 0. The van der Waals surface area contributed by atoms with Crippen LogP contribution < -0.4 is 0 Å². The monoisotopic (exact) mass is 267 g/mol. The second kappa shape index (κ2) is 5.75. The van der Waals surface area contributed by atoms with Gasteiger partial charge in [-0.3, -0.25) is 0 Å². The van der Waals surface area contributed by atoms with Gasteiger partial charge in [0.25, 0.3) is 0 Å².